The number of aromatic nitrogens is 1. The average Bonchev–Trinajstić information content (AvgIpc) is 3.14. The van der Waals surface area contributed by atoms with Crippen LogP contribution in [0.15, 0.2) is 60.0 Å². The van der Waals surface area contributed by atoms with Gasteiger partial charge in [0.05, 0.1) is 5.69 Å². The van der Waals surface area contributed by atoms with Crippen molar-refractivity contribution in [1.29, 1.82) is 0 Å². The Balaban J connectivity index is 1.53. The van der Waals surface area contributed by atoms with Crippen LogP contribution in [0, 0.1) is 0 Å². The summed E-state index contributed by atoms with van der Waals surface area (Å²) in [5.74, 6) is 0.103. The topological polar surface area (TPSA) is 71.1 Å². The van der Waals surface area contributed by atoms with Crippen molar-refractivity contribution in [2.45, 2.75) is 32.6 Å². The van der Waals surface area contributed by atoms with Crippen LogP contribution in [-0.2, 0) is 11.2 Å². The number of carbonyl (C=O) groups excluding carboxylic acids is 2. The van der Waals surface area contributed by atoms with Crippen LogP contribution in [0.1, 0.15) is 47.8 Å². The summed E-state index contributed by atoms with van der Waals surface area (Å²) < 4.78 is 0. The summed E-state index contributed by atoms with van der Waals surface area (Å²) in [4.78, 5) is 28.9. The van der Waals surface area contributed by atoms with Crippen molar-refractivity contribution in [2.75, 3.05) is 10.6 Å². The molecule has 0 saturated carbocycles. The molecule has 0 aliphatic carbocycles. The standard InChI is InChI=1S/C22H23N3O2S/c1-15(2)18-10-6-7-11-19(18)24-20(26)13-12-17-14-28-22(23-17)25-21(27)16-8-4-3-5-9-16/h3-11,14-15H,12-13H2,1-2H3,(H,24,26)(H,23,25,27). The van der Waals surface area contributed by atoms with Gasteiger partial charge in [-0.2, -0.15) is 0 Å². The lowest BCUT2D eigenvalue weighted by molar-refractivity contribution is -0.116. The van der Waals surface area contributed by atoms with Crippen molar-refractivity contribution in [1.82, 2.24) is 4.98 Å². The third-order valence-electron chi connectivity index (χ3n) is 4.27. The number of carbonyl (C=O) groups is 2. The molecule has 28 heavy (non-hydrogen) atoms. The first-order chi connectivity index (χ1) is 13.5. The Morgan fingerprint density at radius 1 is 1.00 bits per heavy atom. The summed E-state index contributed by atoms with van der Waals surface area (Å²) in [5.41, 5.74) is 3.36. The van der Waals surface area contributed by atoms with E-state index in [1.165, 1.54) is 11.3 Å². The van der Waals surface area contributed by atoms with Crippen molar-refractivity contribution in [3.63, 3.8) is 0 Å². The molecule has 1 heterocycles. The molecular weight excluding hydrogens is 370 g/mol. The zero-order chi connectivity index (χ0) is 19.9. The Bertz CT molecular complexity index is 951. The number of para-hydroxylation sites is 1. The minimum atomic E-state index is -0.190. The molecule has 0 aliphatic rings. The summed E-state index contributed by atoms with van der Waals surface area (Å²) in [6.07, 6.45) is 0.857. The van der Waals surface area contributed by atoms with E-state index in [1.807, 2.05) is 47.8 Å². The summed E-state index contributed by atoms with van der Waals surface area (Å²) in [6.45, 7) is 4.21. The second-order valence-corrected chi connectivity index (χ2v) is 7.61. The number of nitrogens with one attached hydrogen (secondary N) is 2. The van der Waals surface area contributed by atoms with E-state index in [1.54, 1.807) is 12.1 Å². The van der Waals surface area contributed by atoms with E-state index >= 15 is 0 Å². The summed E-state index contributed by atoms with van der Waals surface area (Å²) in [6, 6.07) is 16.9. The smallest absolute Gasteiger partial charge is 0.257 e. The zero-order valence-corrected chi connectivity index (χ0v) is 16.8. The first-order valence-corrected chi connectivity index (χ1v) is 10.1. The SMILES string of the molecule is CC(C)c1ccccc1NC(=O)CCc1csc(NC(=O)c2ccccc2)n1. The zero-order valence-electron chi connectivity index (χ0n) is 15.9. The predicted molar refractivity (Wildman–Crippen MR) is 114 cm³/mol. The molecule has 0 saturated heterocycles. The number of rotatable bonds is 7. The average molecular weight is 394 g/mol. The number of thiazole rings is 1. The van der Waals surface area contributed by atoms with Crippen molar-refractivity contribution in [2.24, 2.45) is 0 Å². The number of aryl methyl sites for hydroxylation is 1. The molecular formula is C22H23N3O2S. The van der Waals surface area contributed by atoms with Gasteiger partial charge in [-0.15, -0.1) is 11.3 Å². The second-order valence-electron chi connectivity index (χ2n) is 6.75. The van der Waals surface area contributed by atoms with Crippen molar-refractivity contribution >= 4 is 34.0 Å². The summed E-state index contributed by atoms with van der Waals surface area (Å²) in [7, 11) is 0. The second kappa shape index (κ2) is 9.28. The molecule has 1 aromatic heterocycles. The van der Waals surface area contributed by atoms with Crippen LogP contribution in [-0.4, -0.2) is 16.8 Å². The van der Waals surface area contributed by atoms with Gasteiger partial charge in [0.1, 0.15) is 0 Å². The Labute approximate surface area is 168 Å². The molecule has 2 aromatic carbocycles. The van der Waals surface area contributed by atoms with Gasteiger partial charge in [-0.3, -0.25) is 14.9 Å². The quantitative estimate of drug-likeness (QED) is 0.587. The molecule has 0 spiro atoms. The van der Waals surface area contributed by atoms with E-state index in [2.05, 4.69) is 29.5 Å². The van der Waals surface area contributed by atoms with Crippen LogP contribution in [0.2, 0.25) is 0 Å². The molecule has 3 rings (SSSR count). The lowest BCUT2D eigenvalue weighted by Gasteiger charge is -2.13. The van der Waals surface area contributed by atoms with Crippen LogP contribution in [0.4, 0.5) is 10.8 Å². The number of anilines is 2. The molecule has 5 nitrogen and oxygen atoms in total. The van der Waals surface area contributed by atoms with Crippen LogP contribution >= 0.6 is 11.3 Å². The molecule has 6 heteroatoms. The third kappa shape index (κ3) is 5.27. The van der Waals surface area contributed by atoms with Gasteiger partial charge in [-0.25, -0.2) is 4.98 Å². The highest BCUT2D eigenvalue weighted by molar-refractivity contribution is 7.14. The highest BCUT2D eigenvalue weighted by Gasteiger charge is 2.12. The maximum Gasteiger partial charge on any atom is 0.257 e. The summed E-state index contributed by atoms with van der Waals surface area (Å²) >= 11 is 1.36. The highest BCUT2D eigenvalue weighted by atomic mass is 32.1. The molecule has 2 amide bonds. The van der Waals surface area contributed by atoms with Gasteiger partial charge in [0.25, 0.3) is 5.91 Å². The Hall–Kier alpha value is -2.99. The van der Waals surface area contributed by atoms with E-state index in [9.17, 15) is 9.59 Å². The number of nitrogens with zero attached hydrogens (tertiary/aromatic N) is 1. The Morgan fingerprint density at radius 3 is 2.46 bits per heavy atom. The van der Waals surface area contributed by atoms with Gasteiger partial charge in [0.15, 0.2) is 5.13 Å². The molecule has 0 fully saturated rings. The molecule has 3 aromatic rings. The van der Waals surface area contributed by atoms with E-state index in [4.69, 9.17) is 0 Å². The molecule has 0 aliphatic heterocycles. The highest BCUT2D eigenvalue weighted by Crippen LogP contribution is 2.24. The summed E-state index contributed by atoms with van der Waals surface area (Å²) in [5, 5.41) is 8.19. The molecule has 0 unspecified atom stereocenters. The molecule has 0 bridgehead atoms. The first kappa shape index (κ1) is 19.8. The fourth-order valence-corrected chi connectivity index (χ4v) is 3.55. The van der Waals surface area contributed by atoms with Crippen molar-refractivity contribution < 1.29 is 9.59 Å². The van der Waals surface area contributed by atoms with E-state index in [0.29, 0.717) is 29.5 Å². The lowest BCUT2D eigenvalue weighted by Crippen LogP contribution is -2.14. The van der Waals surface area contributed by atoms with Gasteiger partial charge in [-0.05, 0) is 36.1 Å². The van der Waals surface area contributed by atoms with E-state index in [0.717, 1.165) is 16.9 Å². The Morgan fingerprint density at radius 2 is 1.71 bits per heavy atom. The lowest BCUT2D eigenvalue weighted by atomic mass is 10.0. The molecule has 0 radical (unpaired) electrons. The van der Waals surface area contributed by atoms with Crippen LogP contribution in [0.5, 0.6) is 0 Å². The predicted octanol–water partition coefficient (Wildman–Crippen LogP) is 5.09. The molecule has 144 valence electrons. The van der Waals surface area contributed by atoms with Gasteiger partial charge in [0.2, 0.25) is 5.91 Å². The largest absolute Gasteiger partial charge is 0.326 e. The number of hydrogen-bond donors (Lipinski definition) is 2. The van der Waals surface area contributed by atoms with Gasteiger partial charge < -0.3 is 5.32 Å². The maximum absolute atomic E-state index is 12.3. The number of amides is 2. The molecule has 0 atom stereocenters. The number of benzene rings is 2. The third-order valence-corrected chi connectivity index (χ3v) is 5.08. The Kier molecular flexibility index (Phi) is 6.55. The van der Waals surface area contributed by atoms with Gasteiger partial charge >= 0.3 is 0 Å². The molecule has 2 N–H and O–H groups in total. The van der Waals surface area contributed by atoms with Crippen molar-refractivity contribution in [3.05, 3.63) is 76.8 Å². The minimum Gasteiger partial charge on any atom is -0.326 e. The fourth-order valence-electron chi connectivity index (χ4n) is 2.81. The minimum absolute atomic E-state index is 0.0454. The monoisotopic (exact) mass is 393 g/mol. The van der Waals surface area contributed by atoms with E-state index < -0.39 is 0 Å². The first-order valence-electron chi connectivity index (χ1n) is 9.22. The van der Waals surface area contributed by atoms with Gasteiger partial charge in [-0.1, -0.05) is 50.2 Å². The van der Waals surface area contributed by atoms with Crippen LogP contribution in [0.25, 0.3) is 0 Å². The fraction of sp³-hybridized carbons (Fsp3) is 0.227. The van der Waals surface area contributed by atoms with Crippen LogP contribution in [0.3, 0.4) is 0 Å². The van der Waals surface area contributed by atoms with E-state index in [-0.39, 0.29) is 11.8 Å². The maximum atomic E-state index is 12.3. The van der Waals surface area contributed by atoms with Crippen molar-refractivity contribution in [3.8, 4) is 0 Å². The van der Waals surface area contributed by atoms with Gasteiger partial charge in [0, 0.05) is 23.1 Å². The number of hydrogen-bond acceptors (Lipinski definition) is 4. The van der Waals surface area contributed by atoms with Crippen LogP contribution < -0.4 is 10.6 Å². The normalized spacial score (nSPS) is 10.7.